The summed E-state index contributed by atoms with van der Waals surface area (Å²) in [5.41, 5.74) is 4.13. The number of morpholine rings is 1. The average molecular weight is 574 g/mol. The number of allylic oxidation sites excluding steroid dienone is 2. The van der Waals surface area contributed by atoms with Crippen LogP contribution >= 0.6 is 0 Å². The summed E-state index contributed by atoms with van der Waals surface area (Å²) in [6, 6.07) is 21.2. The number of hydroxylamine groups is 2. The Hall–Kier alpha value is -3.63. The fourth-order valence-corrected chi connectivity index (χ4v) is 5.53. The maximum Gasteiger partial charge on any atom is 0.259 e. The second kappa shape index (κ2) is 13.8. The van der Waals surface area contributed by atoms with Gasteiger partial charge in [0, 0.05) is 18.7 Å². The van der Waals surface area contributed by atoms with Gasteiger partial charge in [-0.25, -0.2) is 9.19 Å². The van der Waals surface area contributed by atoms with Crippen molar-refractivity contribution in [1.29, 1.82) is 0 Å². The van der Waals surface area contributed by atoms with Gasteiger partial charge in [0.1, 0.15) is 11.6 Å². The van der Waals surface area contributed by atoms with Crippen LogP contribution in [0, 0.1) is 0 Å². The van der Waals surface area contributed by atoms with E-state index in [1.807, 2.05) is 44.2 Å². The molecule has 214 valence electrons. The third-order valence-corrected chi connectivity index (χ3v) is 7.88. The quantitative estimate of drug-likeness (QED) is 0.246. The van der Waals surface area contributed by atoms with Gasteiger partial charge in [-0.15, -0.1) is 0 Å². The molecular formula is C32H35N3O5S. The van der Waals surface area contributed by atoms with Gasteiger partial charge in [0.15, 0.2) is 0 Å². The molecule has 0 saturated carbocycles. The Bertz CT molecular complexity index is 1600. The van der Waals surface area contributed by atoms with Crippen molar-refractivity contribution in [2.45, 2.75) is 38.0 Å². The second-order valence-electron chi connectivity index (χ2n) is 9.88. The molecule has 8 nitrogen and oxygen atoms in total. The topological polar surface area (TPSA) is 93.8 Å². The summed E-state index contributed by atoms with van der Waals surface area (Å²) in [4.78, 5) is 21.6. The van der Waals surface area contributed by atoms with E-state index in [1.165, 1.54) is 5.56 Å². The summed E-state index contributed by atoms with van der Waals surface area (Å²) in [5, 5.41) is 2.16. The van der Waals surface area contributed by atoms with E-state index in [4.69, 9.17) is 18.7 Å². The zero-order chi connectivity index (χ0) is 28.6. The van der Waals surface area contributed by atoms with Crippen molar-refractivity contribution in [3.8, 4) is 17.1 Å². The van der Waals surface area contributed by atoms with Crippen molar-refractivity contribution in [1.82, 2.24) is 15.0 Å². The Morgan fingerprint density at radius 2 is 1.90 bits per heavy atom. The van der Waals surface area contributed by atoms with Crippen LogP contribution in [0.2, 0.25) is 0 Å². The number of H-pyrrole nitrogens is 1. The van der Waals surface area contributed by atoms with Crippen LogP contribution in [0.4, 0.5) is 0 Å². The molecule has 3 aromatic carbocycles. The molecule has 2 heterocycles. The van der Waals surface area contributed by atoms with Crippen molar-refractivity contribution in [2.24, 2.45) is 0 Å². The molecule has 9 heteroatoms. The molecule has 1 aliphatic heterocycles. The summed E-state index contributed by atoms with van der Waals surface area (Å²) in [6.45, 7) is 6.69. The summed E-state index contributed by atoms with van der Waals surface area (Å²) >= 11 is -1.76. The first-order chi connectivity index (χ1) is 20.0. The van der Waals surface area contributed by atoms with Gasteiger partial charge in [0.2, 0.25) is 11.1 Å². The number of nitrogens with zero attached hydrogens (tertiary/aromatic N) is 2. The lowest BCUT2D eigenvalue weighted by atomic mass is 10.0. The highest BCUT2D eigenvalue weighted by atomic mass is 32.2. The van der Waals surface area contributed by atoms with Crippen molar-refractivity contribution in [3.05, 3.63) is 94.3 Å². The third-order valence-electron chi connectivity index (χ3n) is 6.89. The summed E-state index contributed by atoms with van der Waals surface area (Å²) in [5.74, 6) is 0.900. The number of nitrogens with one attached hydrogen (secondary N) is 1. The van der Waals surface area contributed by atoms with E-state index in [2.05, 4.69) is 23.2 Å². The third kappa shape index (κ3) is 7.18. The van der Waals surface area contributed by atoms with Crippen LogP contribution in [0.3, 0.4) is 0 Å². The molecule has 41 heavy (non-hydrogen) atoms. The number of aromatic amines is 1. The fraction of sp³-hybridized carbons (Fsp3) is 0.312. The molecule has 1 N–H and O–H groups in total. The van der Waals surface area contributed by atoms with Crippen molar-refractivity contribution < 1.29 is 18.0 Å². The normalized spacial score (nSPS) is 15.2. The smallest absolute Gasteiger partial charge is 0.259 e. The number of ether oxygens (including phenoxy) is 2. The zero-order valence-electron chi connectivity index (χ0n) is 23.4. The molecule has 0 spiro atoms. The largest absolute Gasteiger partial charge is 0.493 e. The van der Waals surface area contributed by atoms with Crippen LogP contribution in [0.5, 0.6) is 5.75 Å². The van der Waals surface area contributed by atoms with Gasteiger partial charge in [-0.3, -0.25) is 4.79 Å². The second-order valence-corrected chi connectivity index (χ2v) is 11.0. The standard InChI is InChI=1S/C32H35N3O5S/c1-3-19-39-29-16-15-25(41(37)40-35-17-20-38-21-18-35)22-28(29)31-33-30-26(13-8-14-27(30)32(36)34-31)23(2)9-7-12-24-10-5-4-6-11-24/h4-6,8-11,13-16,22H,3,7,12,17-21H2,1-2H3,(H,33,34,36)/b23-9-. The fourth-order valence-electron chi connectivity index (χ4n) is 4.71. The van der Waals surface area contributed by atoms with Crippen LogP contribution in [0.1, 0.15) is 37.8 Å². The van der Waals surface area contributed by atoms with E-state index in [0.717, 1.165) is 30.4 Å². The average Bonchev–Trinajstić information content (AvgIpc) is 3.00. The number of para-hydroxylation sites is 1. The Morgan fingerprint density at radius 3 is 2.68 bits per heavy atom. The molecule has 1 saturated heterocycles. The monoisotopic (exact) mass is 573 g/mol. The van der Waals surface area contributed by atoms with Gasteiger partial charge in [-0.2, -0.15) is 9.35 Å². The summed E-state index contributed by atoms with van der Waals surface area (Å²) in [6.07, 6.45) is 4.80. The van der Waals surface area contributed by atoms with Crippen LogP contribution < -0.4 is 10.3 Å². The number of benzene rings is 3. The maximum atomic E-state index is 13.3. The van der Waals surface area contributed by atoms with Crippen molar-refractivity contribution >= 4 is 27.6 Å². The number of fused-ring (bicyclic) bond motifs is 1. The number of aryl methyl sites for hydroxylation is 1. The Morgan fingerprint density at radius 1 is 1.10 bits per heavy atom. The predicted molar refractivity (Wildman–Crippen MR) is 162 cm³/mol. The van der Waals surface area contributed by atoms with Crippen molar-refractivity contribution in [2.75, 3.05) is 32.9 Å². The predicted octanol–water partition coefficient (Wildman–Crippen LogP) is 5.70. The van der Waals surface area contributed by atoms with E-state index in [1.54, 1.807) is 29.3 Å². The minimum atomic E-state index is -1.76. The summed E-state index contributed by atoms with van der Waals surface area (Å²) < 4.78 is 30.2. The molecule has 0 aliphatic carbocycles. The molecule has 0 bridgehead atoms. The van der Waals surface area contributed by atoms with Gasteiger partial charge < -0.3 is 14.5 Å². The number of rotatable bonds is 11. The first kappa shape index (κ1) is 28.9. The van der Waals surface area contributed by atoms with Gasteiger partial charge in [-0.1, -0.05) is 55.5 Å². The molecule has 0 amide bonds. The molecule has 1 fully saturated rings. The van der Waals surface area contributed by atoms with Gasteiger partial charge in [0.25, 0.3) is 5.56 Å². The minimum absolute atomic E-state index is 0.249. The zero-order valence-corrected chi connectivity index (χ0v) is 24.2. The SMILES string of the molecule is CCCOc1ccc(S(=O)ON2CCOCC2)cc1-c1nc2c(/C(C)=C\CCc3ccccc3)cccc2c(=O)[nH]1. The van der Waals surface area contributed by atoms with Crippen LogP contribution in [-0.2, 0) is 26.5 Å². The Balaban J connectivity index is 1.50. The van der Waals surface area contributed by atoms with Crippen LogP contribution in [0.25, 0.3) is 27.9 Å². The molecule has 1 unspecified atom stereocenters. The number of aromatic nitrogens is 2. The van der Waals surface area contributed by atoms with Crippen molar-refractivity contribution in [3.63, 3.8) is 0 Å². The first-order valence-electron chi connectivity index (χ1n) is 14.0. The number of hydrogen-bond acceptors (Lipinski definition) is 7. The molecule has 1 aromatic heterocycles. The van der Waals surface area contributed by atoms with E-state index in [9.17, 15) is 9.00 Å². The molecule has 1 aliphatic rings. The van der Waals surface area contributed by atoms with E-state index in [0.29, 0.717) is 65.8 Å². The van der Waals surface area contributed by atoms with Gasteiger partial charge >= 0.3 is 0 Å². The van der Waals surface area contributed by atoms with Gasteiger partial charge in [0.05, 0.1) is 41.2 Å². The lowest BCUT2D eigenvalue weighted by Crippen LogP contribution is -2.36. The lowest BCUT2D eigenvalue weighted by molar-refractivity contribution is -0.109. The minimum Gasteiger partial charge on any atom is -0.493 e. The van der Waals surface area contributed by atoms with E-state index < -0.39 is 11.1 Å². The molecule has 5 rings (SSSR count). The van der Waals surface area contributed by atoms with Crippen LogP contribution in [-0.4, -0.2) is 52.2 Å². The molecule has 4 aromatic rings. The van der Waals surface area contributed by atoms with Gasteiger partial charge in [-0.05, 0) is 61.6 Å². The lowest BCUT2D eigenvalue weighted by Gasteiger charge is -2.24. The van der Waals surface area contributed by atoms with E-state index in [-0.39, 0.29) is 5.56 Å². The highest BCUT2D eigenvalue weighted by Crippen LogP contribution is 2.32. The first-order valence-corrected chi connectivity index (χ1v) is 15.0. The highest BCUT2D eigenvalue weighted by molar-refractivity contribution is 7.80. The maximum absolute atomic E-state index is 13.3. The van der Waals surface area contributed by atoms with Crippen LogP contribution in [0.15, 0.2) is 82.5 Å². The molecule has 0 radical (unpaired) electrons. The summed E-state index contributed by atoms with van der Waals surface area (Å²) in [7, 11) is 0. The molecule has 1 atom stereocenters. The Labute approximate surface area is 242 Å². The molecular weight excluding hydrogens is 538 g/mol. The Kier molecular flexibility index (Phi) is 9.74. The van der Waals surface area contributed by atoms with E-state index >= 15 is 0 Å². The highest BCUT2D eigenvalue weighted by Gasteiger charge is 2.20. The number of hydrogen-bond donors (Lipinski definition) is 1.